The highest BCUT2D eigenvalue weighted by molar-refractivity contribution is 5.25. The maximum absolute atomic E-state index is 10.1. The molecule has 15 heavy (non-hydrogen) atoms. The lowest BCUT2D eigenvalue weighted by Gasteiger charge is -2.26. The second kappa shape index (κ2) is 4.77. The molecule has 2 N–H and O–H groups in total. The lowest BCUT2D eigenvalue weighted by Crippen LogP contribution is -2.17. The van der Waals surface area contributed by atoms with E-state index in [9.17, 15) is 5.11 Å². The highest BCUT2D eigenvalue weighted by atomic mass is 16.3. The van der Waals surface area contributed by atoms with Gasteiger partial charge in [0.2, 0.25) is 0 Å². The van der Waals surface area contributed by atoms with Crippen molar-refractivity contribution in [2.24, 2.45) is 5.41 Å². The van der Waals surface area contributed by atoms with Crippen LogP contribution in [0.15, 0.2) is 24.3 Å². The molecule has 0 bridgehead atoms. The Balaban J connectivity index is 2.80. The second-order valence-electron chi connectivity index (χ2n) is 5.04. The molecule has 1 aromatic carbocycles. The van der Waals surface area contributed by atoms with Gasteiger partial charge in [-0.3, -0.25) is 0 Å². The molecule has 0 saturated heterocycles. The number of nitrogens with one attached hydrogen (secondary N) is 1. The Bertz CT molecular complexity index is 297. The molecule has 1 aromatic rings. The van der Waals surface area contributed by atoms with E-state index in [2.05, 4.69) is 17.4 Å². The lowest BCUT2D eigenvalue weighted by molar-refractivity contribution is 0.0626. The van der Waals surface area contributed by atoms with Gasteiger partial charge in [-0.15, -0.1) is 0 Å². The highest BCUT2D eigenvalue weighted by Gasteiger charge is 2.23. The van der Waals surface area contributed by atoms with Crippen LogP contribution in [0.25, 0.3) is 0 Å². The second-order valence-corrected chi connectivity index (χ2v) is 5.04. The monoisotopic (exact) mass is 207 g/mol. The van der Waals surface area contributed by atoms with E-state index >= 15 is 0 Å². The van der Waals surface area contributed by atoms with Gasteiger partial charge in [-0.1, -0.05) is 45.0 Å². The number of rotatable bonds is 3. The predicted octanol–water partition coefficient (Wildman–Crippen LogP) is 2.49. The molecule has 1 atom stereocenters. The molecule has 2 nitrogen and oxygen atoms in total. The average molecular weight is 207 g/mol. The minimum Gasteiger partial charge on any atom is -0.388 e. The van der Waals surface area contributed by atoms with Crippen LogP contribution in [-0.4, -0.2) is 12.2 Å². The van der Waals surface area contributed by atoms with E-state index in [1.165, 1.54) is 5.56 Å². The summed E-state index contributed by atoms with van der Waals surface area (Å²) in [5.74, 6) is 0. The maximum Gasteiger partial charge on any atom is 0.0838 e. The van der Waals surface area contributed by atoms with Crippen molar-refractivity contribution < 1.29 is 5.11 Å². The molecule has 0 fully saturated rings. The minimum atomic E-state index is -0.402. The molecule has 0 saturated carbocycles. The van der Waals surface area contributed by atoms with E-state index in [1.54, 1.807) is 0 Å². The molecule has 0 amide bonds. The number of hydrogen-bond donors (Lipinski definition) is 2. The van der Waals surface area contributed by atoms with Gasteiger partial charge in [-0.05, 0) is 23.6 Å². The minimum absolute atomic E-state index is 0.107. The number of benzene rings is 1. The SMILES string of the molecule is CNCc1ccc(C(O)C(C)(C)C)cc1. The van der Waals surface area contributed by atoms with Gasteiger partial charge in [0.15, 0.2) is 0 Å². The molecular weight excluding hydrogens is 186 g/mol. The Hall–Kier alpha value is -0.860. The third kappa shape index (κ3) is 3.33. The maximum atomic E-state index is 10.1. The number of hydrogen-bond acceptors (Lipinski definition) is 2. The first-order valence-electron chi connectivity index (χ1n) is 5.36. The fourth-order valence-corrected chi connectivity index (χ4v) is 1.52. The van der Waals surface area contributed by atoms with Gasteiger partial charge in [0.1, 0.15) is 0 Å². The van der Waals surface area contributed by atoms with Crippen LogP contribution in [0, 0.1) is 5.41 Å². The third-order valence-electron chi connectivity index (χ3n) is 2.50. The third-order valence-corrected chi connectivity index (χ3v) is 2.50. The molecule has 0 aliphatic heterocycles. The number of aliphatic hydroxyl groups excluding tert-OH is 1. The van der Waals surface area contributed by atoms with Gasteiger partial charge in [0, 0.05) is 6.54 Å². The normalized spacial score (nSPS) is 13.9. The summed E-state index contributed by atoms with van der Waals surface area (Å²) >= 11 is 0. The molecule has 0 spiro atoms. The van der Waals surface area contributed by atoms with Crippen LogP contribution >= 0.6 is 0 Å². The van der Waals surface area contributed by atoms with Gasteiger partial charge in [-0.2, -0.15) is 0 Å². The fraction of sp³-hybridized carbons (Fsp3) is 0.538. The van der Waals surface area contributed by atoms with Gasteiger partial charge < -0.3 is 10.4 Å². The smallest absolute Gasteiger partial charge is 0.0838 e. The lowest BCUT2D eigenvalue weighted by atomic mass is 9.84. The van der Waals surface area contributed by atoms with Gasteiger partial charge in [0.25, 0.3) is 0 Å². The topological polar surface area (TPSA) is 32.3 Å². The quantitative estimate of drug-likeness (QED) is 0.798. The van der Waals surface area contributed by atoms with E-state index in [4.69, 9.17) is 0 Å². The van der Waals surface area contributed by atoms with Crippen molar-refractivity contribution in [3.63, 3.8) is 0 Å². The van der Waals surface area contributed by atoms with E-state index in [-0.39, 0.29) is 5.41 Å². The summed E-state index contributed by atoms with van der Waals surface area (Å²) < 4.78 is 0. The number of aliphatic hydroxyl groups is 1. The fourth-order valence-electron chi connectivity index (χ4n) is 1.52. The molecule has 1 rings (SSSR count). The first-order valence-corrected chi connectivity index (χ1v) is 5.36. The van der Waals surface area contributed by atoms with Crippen LogP contribution in [0.2, 0.25) is 0 Å². The first-order chi connectivity index (χ1) is 6.95. The molecule has 0 radical (unpaired) electrons. The Morgan fingerprint density at radius 1 is 1.20 bits per heavy atom. The molecule has 2 heteroatoms. The van der Waals surface area contributed by atoms with Crippen molar-refractivity contribution in [2.45, 2.75) is 33.4 Å². The van der Waals surface area contributed by atoms with Crippen LogP contribution in [0.5, 0.6) is 0 Å². The van der Waals surface area contributed by atoms with Crippen molar-refractivity contribution >= 4 is 0 Å². The summed E-state index contributed by atoms with van der Waals surface area (Å²) in [6, 6.07) is 8.12. The molecule has 84 valence electrons. The Morgan fingerprint density at radius 2 is 1.73 bits per heavy atom. The molecular formula is C13H21NO. The zero-order chi connectivity index (χ0) is 11.5. The molecule has 0 aromatic heterocycles. The van der Waals surface area contributed by atoms with E-state index < -0.39 is 6.10 Å². The Kier molecular flexibility index (Phi) is 3.89. The largest absolute Gasteiger partial charge is 0.388 e. The van der Waals surface area contributed by atoms with Gasteiger partial charge in [0.05, 0.1) is 6.10 Å². The summed E-state index contributed by atoms with van der Waals surface area (Å²) in [6.07, 6.45) is -0.402. The molecule has 0 aliphatic carbocycles. The highest BCUT2D eigenvalue weighted by Crippen LogP contribution is 2.32. The van der Waals surface area contributed by atoms with Crippen LogP contribution in [0.4, 0.5) is 0 Å². The van der Waals surface area contributed by atoms with Crippen LogP contribution < -0.4 is 5.32 Å². The summed E-state index contributed by atoms with van der Waals surface area (Å²) in [7, 11) is 1.93. The van der Waals surface area contributed by atoms with Gasteiger partial charge in [-0.25, -0.2) is 0 Å². The Labute approximate surface area is 92.3 Å². The van der Waals surface area contributed by atoms with Crippen molar-refractivity contribution in [3.05, 3.63) is 35.4 Å². The van der Waals surface area contributed by atoms with Crippen molar-refractivity contribution in [1.82, 2.24) is 5.32 Å². The summed E-state index contributed by atoms with van der Waals surface area (Å²) in [6.45, 7) is 6.99. The molecule has 1 unspecified atom stereocenters. The van der Waals surface area contributed by atoms with Crippen LogP contribution in [-0.2, 0) is 6.54 Å². The van der Waals surface area contributed by atoms with Crippen molar-refractivity contribution in [2.75, 3.05) is 7.05 Å². The zero-order valence-corrected chi connectivity index (χ0v) is 10.0. The van der Waals surface area contributed by atoms with Crippen molar-refractivity contribution in [1.29, 1.82) is 0 Å². The standard InChI is InChI=1S/C13H21NO/c1-13(2,3)12(15)11-7-5-10(6-8-11)9-14-4/h5-8,12,14-15H,9H2,1-4H3. The summed E-state index contributed by atoms with van der Waals surface area (Å²) in [5.41, 5.74) is 2.12. The summed E-state index contributed by atoms with van der Waals surface area (Å²) in [5, 5.41) is 13.2. The average Bonchev–Trinajstić information content (AvgIpc) is 2.17. The van der Waals surface area contributed by atoms with Crippen LogP contribution in [0.1, 0.15) is 38.0 Å². The van der Waals surface area contributed by atoms with Crippen LogP contribution in [0.3, 0.4) is 0 Å². The van der Waals surface area contributed by atoms with Crippen molar-refractivity contribution in [3.8, 4) is 0 Å². The first kappa shape index (κ1) is 12.2. The zero-order valence-electron chi connectivity index (χ0n) is 10.0. The molecule has 0 heterocycles. The van der Waals surface area contributed by atoms with E-state index in [1.807, 2.05) is 40.0 Å². The Morgan fingerprint density at radius 3 is 2.13 bits per heavy atom. The van der Waals surface area contributed by atoms with Gasteiger partial charge >= 0.3 is 0 Å². The predicted molar refractivity (Wildman–Crippen MR) is 63.6 cm³/mol. The van der Waals surface area contributed by atoms with E-state index in [0.29, 0.717) is 0 Å². The summed E-state index contributed by atoms with van der Waals surface area (Å²) in [4.78, 5) is 0. The van der Waals surface area contributed by atoms with E-state index in [0.717, 1.165) is 12.1 Å². The molecule has 0 aliphatic rings.